The highest BCUT2D eigenvalue weighted by atomic mass is 19.1. The molecule has 1 aliphatic rings. The highest BCUT2D eigenvalue weighted by Crippen LogP contribution is 2.40. The van der Waals surface area contributed by atoms with Crippen molar-refractivity contribution >= 4 is 17.5 Å². The lowest BCUT2D eigenvalue weighted by Crippen LogP contribution is -2.47. The first-order chi connectivity index (χ1) is 20.5. The van der Waals surface area contributed by atoms with E-state index in [1.807, 2.05) is 72.8 Å². The molecule has 0 unspecified atom stereocenters. The van der Waals surface area contributed by atoms with Crippen molar-refractivity contribution in [3.63, 3.8) is 0 Å². The molecule has 0 aromatic heterocycles. The van der Waals surface area contributed by atoms with Crippen LogP contribution >= 0.6 is 0 Å². The summed E-state index contributed by atoms with van der Waals surface area (Å²) < 4.78 is 19.5. The molecule has 1 fully saturated rings. The van der Waals surface area contributed by atoms with Crippen LogP contribution in [-0.2, 0) is 16.1 Å². The lowest BCUT2D eigenvalue weighted by molar-refractivity contribution is -0.128. The quantitative estimate of drug-likeness (QED) is 0.216. The van der Waals surface area contributed by atoms with Gasteiger partial charge >= 0.3 is 0 Å². The Kier molecular flexibility index (Phi) is 9.65. The van der Waals surface area contributed by atoms with Crippen molar-refractivity contribution in [2.24, 2.45) is 5.92 Å². The zero-order chi connectivity index (χ0) is 29.3. The molecular weight excluding hydrogens is 527 g/mol. The van der Waals surface area contributed by atoms with Gasteiger partial charge in [0.1, 0.15) is 17.6 Å². The predicted molar refractivity (Wildman–Crippen MR) is 164 cm³/mol. The van der Waals surface area contributed by atoms with Crippen molar-refractivity contribution < 1.29 is 18.7 Å². The van der Waals surface area contributed by atoms with Gasteiger partial charge in [-0.05, 0) is 71.8 Å². The van der Waals surface area contributed by atoms with Crippen LogP contribution in [0, 0.1) is 11.7 Å². The summed E-state index contributed by atoms with van der Waals surface area (Å²) in [7, 11) is 1.59. The van der Waals surface area contributed by atoms with Crippen molar-refractivity contribution in [2.75, 3.05) is 12.0 Å². The fourth-order valence-electron chi connectivity index (χ4n) is 5.98. The van der Waals surface area contributed by atoms with E-state index < -0.39 is 17.8 Å². The number of rotatable bonds is 10. The minimum absolute atomic E-state index is 0.139. The first-order valence-corrected chi connectivity index (χ1v) is 14.6. The smallest absolute Gasteiger partial charge is 0.248 e. The third-order valence-electron chi connectivity index (χ3n) is 8.14. The van der Waals surface area contributed by atoms with E-state index in [9.17, 15) is 14.0 Å². The Labute approximate surface area is 247 Å². The molecule has 2 amide bonds. The summed E-state index contributed by atoms with van der Waals surface area (Å²) >= 11 is 0. The third-order valence-corrected chi connectivity index (χ3v) is 8.14. The van der Waals surface area contributed by atoms with Gasteiger partial charge in [-0.2, -0.15) is 0 Å². The van der Waals surface area contributed by atoms with E-state index in [1.54, 1.807) is 36.3 Å². The first-order valence-electron chi connectivity index (χ1n) is 14.6. The summed E-state index contributed by atoms with van der Waals surface area (Å²) in [6.07, 6.45) is 5.17. The largest absolute Gasteiger partial charge is 0.497 e. The number of anilines is 1. The summed E-state index contributed by atoms with van der Waals surface area (Å²) in [6, 6.07) is 31.5. The van der Waals surface area contributed by atoms with Crippen molar-refractivity contribution in [1.82, 2.24) is 5.32 Å². The normalized spacial score (nSPS) is 14.9. The van der Waals surface area contributed by atoms with Crippen LogP contribution < -0.4 is 15.0 Å². The fraction of sp³-hybridized carbons (Fsp3) is 0.278. The Bertz CT molecular complexity index is 1440. The van der Waals surface area contributed by atoms with Crippen molar-refractivity contribution in [2.45, 2.75) is 50.6 Å². The number of hydrogen-bond donors (Lipinski definition) is 1. The van der Waals surface area contributed by atoms with Gasteiger partial charge in [0, 0.05) is 12.2 Å². The average Bonchev–Trinajstić information content (AvgIpc) is 3.05. The van der Waals surface area contributed by atoms with Crippen LogP contribution in [0.15, 0.2) is 109 Å². The van der Waals surface area contributed by atoms with E-state index in [2.05, 4.69) is 5.32 Å². The van der Waals surface area contributed by atoms with Crippen LogP contribution in [0.2, 0.25) is 0 Å². The molecule has 0 radical (unpaired) electrons. The van der Waals surface area contributed by atoms with Crippen LogP contribution in [0.1, 0.15) is 60.8 Å². The molecule has 0 spiro atoms. The maximum absolute atomic E-state index is 15.0. The number of hydrogen-bond acceptors (Lipinski definition) is 3. The lowest BCUT2D eigenvalue weighted by Gasteiger charge is -2.37. The predicted octanol–water partition coefficient (Wildman–Crippen LogP) is 7.59. The molecule has 4 aromatic rings. The van der Waals surface area contributed by atoms with Crippen molar-refractivity contribution in [3.8, 4) is 5.75 Å². The minimum Gasteiger partial charge on any atom is -0.497 e. The number of benzene rings is 4. The maximum Gasteiger partial charge on any atom is 0.248 e. The highest BCUT2D eigenvalue weighted by Gasteiger charge is 2.40. The monoisotopic (exact) mass is 564 g/mol. The first kappa shape index (κ1) is 29.1. The Morgan fingerprint density at radius 3 is 2.05 bits per heavy atom. The van der Waals surface area contributed by atoms with Crippen LogP contribution in [0.3, 0.4) is 0 Å². The Morgan fingerprint density at radius 1 is 0.810 bits per heavy atom. The Hall–Kier alpha value is -4.45. The SMILES string of the molecule is COc1ccc([C@@H](C(=O)NCc2ccccc2)N(C(=O)[C@@H](c2ccccc2)C2CCCCC2)c2ccc(F)cc2)cc1. The van der Waals surface area contributed by atoms with Gasteiger partial charge in [-0.15, -0.1) is 0 Å². The van der Waals surface area contributed by atoms with Gasteiger partial charge in [-0.1, -0.05) is 92.1 Å². The molecule has 6 heteroatoms. The van der Waals surface area contributed by atoms with E-state index in [0.29, 0.717) is 23.5 Å². The summed E-state index contributed by atoms with van der Waals surface area (Å²) in [5.41, 5.74) is 2.98. The number of amides is 2. The van der Waals surface area contributed by atoms with E-state index in [4.69, 9.17) is 4.74 Å². The zero-order valence-corrected chi connectivity index (χ0v) is 23.9. The Morgan fingerprint density at radius 2 is 1.43 bits per heavy atom. The maximum atomic E-state index is 15.0. The summed E-state index contributed by atoms with van der Waals surface area (Å²) in [5, 5.41) is 3.06. The molecule has 0 heterocycles. The second kappa shape index (κ2) is 13.9. The molecule has 0 bridgehead atoms. The second-order valence-corrected chi connectivity index (χ2v) is 10.9. The lowest BCUT2D eigenvalue weighted by atomic mass is 9.75. The second-order valence-electron chi connectivity index (χ2n) is 10.9. The van der Waals surface area contributed by atoms with Crippen LogP contribution in [-0.4, -0.2) is 18.9 Å². The molecule has 0 aliphatic heterocycles. The number of methoxy groups -OCH3 is 1. The van der Waals surface area contributed by atoms with E-state index in [-0.39, 0.29) is 17.7 Å². The number of halogens is 1. The molecule has 1 saturated carbocycles. The van der Waals surface area contributed by atoms with Crippen LogP contribution in [0.25, 0.3) is 0 Å². The third kappa shape index (κ3) is 6.88. The van der Waals surface area contributed by atoms with E-state index in [0.717, 1.165) is 43.2 Å². The average molecular weight is 565 g/mol. The van der Waals surface area contributed by atoms with Gasteiger partial charge in [0.2, 0.25) is 11.8 Å². The molecule has 4 aromatic carbocycles. The van der Waals surface area contributed by atoms with Gasteiger partial charge in [-0.25, -0.2) is 4.39 Å². The number of ether oxygens (including phenoxy) is 1. The van der Waals surface area contributed by atoms with Gasteiger partial charge in [0.15, 0.2) is 0 Å². The van der Waals surface area contributed by atoms with Gasteiger partial charge in [-0.3, -0.25) is 14.5 Å². The molecule has 42 heavy (non-hydrogen) atoms. The molecule has 5 rings (SSSR count). The number of nitrogens with one attached hydrogen (secondary N) is 1. The molecule has 2 atom stereocenters. The van der Waals surface area contributed by atoms with Crippen LogP contribution in [0.5, 0.6) is 5.75 Å². The molecule has 216 valence electrons. The molecular formula is C36H37FN2O3. The van der Waals surface area contributed by atoms with Gasteiger partial charge in [0.05, 0.1) is 13.0 Å². The number of carbonyl (C=O) groups excluding carboxylic acids is 2. The van der Waals surface area contributed by atoms with Crippen LogP contribution in [0.4, 0.5) is 10.1 Å². The molecule has 1 aliphatic carbocycles. The van der Waals surface area contributed by atoms with Gasteiger partial charge in [0.25, 0.3) is 0 Å². The van der Waals surface area contributed by atoms with E-state index in [1.165, 1.54) is 12.1 Å². The van der Waals surface area contributed by atoms with Crippen molar-refractivity contribution in [1.29, 1.82) is 0 Å². The number of nitrogens with zero attached hydrogens (tertiary/aromatic N) is 1. The Balaban J connectivity index is 1.61. The summed E-state index contributed by atoms with van der Waals surface area (Å²) in [4.78, 5) is 30.7. The topological polar surface area (TPSA) is 58.6 Å². The number of carbonyl (C=O) groups is 2. The fourth-order valence-corrected chi connectivity index (χ4v) is 5.98. The zero-order valence-electron chi connectivity index (χ0n) is 23.9. The van der Waals surface area contributed by atoms with Gasteiger partial charge < -0.3 is 10.1 Å². The minimum atomic E-state index is -0.993. The summed E-state index contributed by atoms with van der Waals surface area (Å²) in [6.45, 7) is 0.308. The molecule has 1 N–H and O–H groups in total. The summed E-state index contributed by atoms with van der Waals surface area (Å²) in [5.74, 6) is -0.564. The van der Waals surface area contributed by atoms with Crippen molar-refractivity contribution in [3.05, 3.63) is 132 Å². The standard InChI is InChI=1S/C36H37FN2O3/c1-42-32-23-17-29(18-24-32)34(35(40)38-25-26-11-5-2-6-12-26)39(31-21-19-30(37)20-22-31)36(41)33(27-13-7-3-8-14-27)28-15-9-4-10-16-28/h2-3,5-8,11-14,17-24,28,33-34H,4,9-10,15-16,25H2,1H3,(H,38,40)/t33-,34-/m0/s1. The van der Waals surface area contributed by atoms with E-state index >= 15 is 0 Å². The highest BCUT2D eigenvalue weighted by molar-refractivity contribution is 6.04. The molecule has 5 nitrogen and oxygen atoms in total. The molecule has 0 saturated heterocycles.